The Labute approximate surface area is 230 Å². The summed E-state index contributed by atoms with van der Waals surface area (Å²) in [6, 6.07) is 12.2. The SMILES string of the molecule is Cc1nn(-c2ccc(F)cc2)nc1COc1cc(N)nc2c1N(C(=NNc1ccc(F)cc1)C(=O)CC(=O)O)NN2. The molecule has 210 valence electrons. The fraction of sp³-hybridized carbons (Fsp3) is 0.120. The number of nitrogen functional groups attached to an aromatic ring is 1. The number of amidine groups is 1. The van der Waals surface area contributed by atoms with Crippen molar-refractivity contribution in [3.63, 3.8) is 0 Å². The second kappa shape index (κ2) is 11.2. The first-order chi connectivity index (χ1) is 19.7. The molecule has 0 spiro atoms. The molecule has 0 amide bonds. The Morgan fingerprint density at radius 2 is 1.78 bits per heavy atom. The Balaban J connectivity index is 1.44. The van der Waals surface area contributed by atoms with Crippen molar-refractivity contribution in [2.24, 2.45) is 5.10 Å². The second-order valence-corrected chi connectivity index (χ2v) is 8.65. The van der Waals surface area contributed by atoms with Crippen LogP contribution in [-0.2, 0) is 16.2 Å². The first-order valence-corrected chi connectivity index (χ1v) is 12.0. The summed E-state index contributed by atoms with van der Waals surface area (Å²) >= 11 is 0. The number of carboxylic acid groups (broad SMARTS) is 1. The van der Waals surface area contributed by atoms with Gasteiger partial charge in [0, 0.05) is 6.07 Å². The number of hydrogen-bond donors (Lipinski definition) is 5. The van der Waals surface area contributed by atoms with Crippen molar-refractivity contribution >= 4 is 40.6 Å². The Hall–Kier alpha value is -5.64. The first kappa shape index (κ1) is 26.9. The predicted molar refractivity (Wildman–Crippen MR) is 143 cm³/mol. The summed E-state index contributed by atoms with van der Waals surface area (Å²) in [6.07, 6.45) is -0.873. The number of carboxylic acids is 1. The number of benzene rings is 2. The zero-order chi connectivity index (χ0) is 29.1. The van der Waals surface area contributed by atoms with Gasteiger partial charge in [-0.15, -0.1) is 10.6 Å². The number of aryl methyl sites for hydroxylation is 1. The lowest BCUT2D eigenvalue weighted by molar-refractivity contribution is -0.139. The van der Waals surface area contributed by atoms with Gasteiger partial charge >= 0.3 is 5.97 Å². The van der Waals surface area contributed by atoms with E-state index in [1.807, 2.05) is 0 Å². The number of rotatable bonds is 9. The van der Waals surface area contributed by atoms with Gasteiger partial charge < -0.3 is 15.6 Å². The number of carbonyl (C=O) groups excluding carboxylic acids is 1. The zero-order valence-corrected chi connectivity index (χ0v) is 21.3. The van der Waals surface area contributed by atoms with Gasteiger partial charge in [0.2, 0.25) is 11.6 Å². The number of nitrogens with one attached hydrogen (secondary N) is 3. The number of Topliss-reactive ketones (excluding diaryl/α,β-unsaturated/α-hetero) is 1. The fourth-order valence-electron chi connectivity index (χ4n) is 3.74. The van der Waals surface area contributed by atoms with E-state index in [1.54, 1.807) is 6.92 Å². The van der Waals surface area contributed by atoms with Crippen LogP contribution in [0.1, 0.15) is 17.8 Å². The molecule has 0 saturated heterocycles. The Morgan fingerprint density at radius 3 is 2.46 bits per heavy atom. The summed E-state index contributed by atoms with van der Waals surface area (Å²) in [4.78, 5) is 29.8. The molecule has 0 radical (unpaired) electrons. The number of nitrogens with zero attached hydrogens (tertiary/aromatic N) is 6. The maximum Gasteiger partial charge on any atom is 0.311 e. The molecule has 4 aromatic rings. The maximum absolute atomic E-state index is 13.3. The van der Waals surface area contributed by atoms with E-state index in [0.717, 1.165) is 5.01 Å². The third-order valence-electron chi connectivity index (χ3n) is 5.70. The van der Waals surface area contributed by atoms with Crippen molar-refractivity contribution in [1.29, 1.82) is 0 Å². The van der Waals surface area contributed by atoms with Crippen molar-refractivity contribution in [3.8, 4) is 11.4 Å². The summed E-state index contributed by atoms with van der Waals surface area (Å²) in [5, 5.41) is 23.2. The normalized spacial score (nSPS) is 12.6. The molecular weight excluding hydrogens is 542 g/mol. The maximum atomic E-state index is 13.3. The number of nitrogens with two attached hydrogens (primary N) is 1. The van der Waals surface area contributed by atoms with Gasteiger partial charge in [-0.2, -0.15) is 15.0 Å². The van der Waals surface area contributed by atoms with Gasteiger partial charge in [-0.3, -0.25) is 20.4 Å². The zero-order valence-electron chi connectivity index (χ0n) is 21.3. The number of hydrazine groups is 2. The molecule has 0 atom stereocenters. The van der Waals surface area contributed by atoms with Crippen LogP contribution in [0.2, 0.25) is 0 Å². The van der Waals surface area contributed by atoms with Crippen LogP contribution in [-0.4, -0.2) is 42.7 Å². The van der Waals surface area contributed by atoms with E-state index in [4.69, 9.17) is 10.5 Å². The van der Waals surface area contributed by atoms with E-state index in [2.05, 4.69) is 36.7 Å². The lowest BCUT2D eigenvalue weighted by atomic mass is 10.2. The number of anilines is 4. The summed E-state index contributed by atoms with van der Waals surface area (Å²) < 4.78 is 32.6. The smallest absolute Gasteiger partial charge is 0.311 e. The van der Waals surface area contributed by atoms with Crippen LogP contribution < -0.4 is 31.9 Å². The summed E-state index contributed by atoms with van der Waals surface area (Å²) in [5.74, 6) is -3.06. The number of hydrazone groups is 1. The molecule has 3 heterocycles. The van der Waals surface area contributed by atoms with Crippen LogP contribution in [0.5, 0.6) is 5.75 Å². The van der Waals surface area contributed by atoms with E-state index in [0.29, 0.717) is 22.8 Å². The monoisotopic (exact) mass is 564 g/mol. The van der Waals surface area contributed by atoms with Gasteiger partial charge in [-0.05, 0) is 55.5 Å². The van der Waals surface area contributed by atoms with Gasteiger partial charge in [0.05, 0.1) is 17.1 Å². The largest absolute Gasteiger partial charge is 0.485 e. The highest BCUT2D eigenvalue weighted by Gasteiger charge is 2.33. The Morgan fingerprint density at radius 1 is 1.10 bits per heavy atom. The molecule has 0 fully saturated rings. The molecule has 2 aromatic carbocycles. The fourth-order valence-corrected chi connectivity index (χ4v) is 3.74. The van der Waals surface area contributed by atoms with Gasteiger partial charge in [-0.25, -0.2) is 18.8 Å². The van der Waals surface area contributed by atoms with Gasteiger partial charge in [-0.1, -0.05) is 0 Å². The predicted octanol–water partition coefficient (Wildman–Crippen LogP) is 2.53. The molecule has 41 heavy (non-hydrogen) atoms. The molecule has 0 unspecified atom stereocenters. The molecule has 14 nitrogen and oxygen atoms in total. The number of halogens is 2. The Bertz CT molecular complexity index is 1640. The Kier molecular flexibility index (Phi) is 7.38. The molecule has 0 aliphatic carbocycles. The standard InChI is InChI=1S/C25H22F2N10O4/c1-13-18(34-37(33-13)17-8-4-15(27)5-9-17)12-41-20-11-21(28)29-24-23(20)36(35-31-24)25(19(38)10-22(39)40)32-30-16-6-2-14(26)3-7-16/h2-9,11,30,35H,10,12H2,1H3,(H,39,40)(H3,28,29,31). The highest BCUT2D eigenvalue weighted by molar-refractivity contribution is 6.46. The average molecular weight is 565 g/mol. The van der Waals surface area contributed by atoms with E-state index < -0.39 is 29.8 Å². The van der Waals surface area contributed by atoms with Gasteiger partial charge in [0.1, 0.15) is 41.9 Å². The number of fused-ring (bicyclic) bond motifs is 1. The van der Waals surface area contributed by atoms with E-state index in [9.17, 15) is 23.5 Å². The average Bonchev–Trinajstić information content (AvgIpc) is 3.52. The number of pyridine rings is 1. The molecule has 1 aliphatic rings. The topological polar surface area (TPSA) is 185 Å². The van der Waals surface area contributed by atoms with Gasteiger partial charge in [0.25, 0.3) is 0 Å². The lowest BCUT2D eigenvalue weighted by Crippen LogP contribution is -2.46. The minimum atomic E-state index is -1.37. The quantitative estimate of drug-likeness (QED) is 0.0867. The summed E-state index contributed by atoms with van der Waals surface area (Å²) in [6.45, 7) is 1.64. The number of ketones is 1. The first-order valence-electron chi connectivity index (χ1n) is 12.0. The number of ether oxygens (including phenoxy) is 1. The van der Waals surface area contributed by atoms with E-state index in [-0.39, 0.29) is 35.5 Å². The van der Waals surface area contributed by atoms with Gasteiger partial charge in [0.15, 0.2) is 11.6 Å². The molecule has 0 bridgehead atoms. The third-order valence-corrected chi connectivity index (χ3v) is 5.70. The summed E-state index contributed by atoms with van der Waals surface area (Å²) in [7, 11) is 0. The highest BCUT2D eigenvalue weighted by atomic mass is 19.1. The van der Waals surface area contributed by atoms with Crippen LogP contribution in [0.15, 0.2) is 59.7 Å². The van der Waals surface area contributed by atoms with Crippen LogP contribution in [0, 0.1) is 18.6 Å². The van der Waals surface area contributed by atoms with Crippen molar-refractivity contribution < 1.29 is 28.2 Å². The molecule has 16 heteroatoms. The number of aromatic nitrogens is 4. The minimum absolute atomic E-state index is 0.0832. The highest BCUT2D eigenvalue weighted by Crippen LogP contribution is 2.39. The number of aliphatic carboxylic acids is 1. The van der Waals surface area contributed by atoms with E-state index >= 15 is 0 Å². The summed E-state index contributed by atoms with van der Waals surface area (Å²) in [5.41, 5.74) is 16.1. The van der Waals surface area contributed by atoms with Crippen LogP contribution in [0.4, 0.5) is 31.8 Å². The van der Waals surface area contributed by atoms with Crippen molar-refractivity contribution in [1.82, 2.24) is 25.5 Å². The molecule has 2 aromatic heterocycles. The second-order valence-electron chi connectivity index (χ2n) is 8.65. The van der Waals surface area contributed by atoms with Crippen LogP contribution in [0.25, 0.3) is 5.69 Å². The van der Waals surface area contributed by atoms with Crippen molar-refractivity contribution in [2.45, 2.75) is 20.0 Å². The minimum Gasteiger partial charge on any atom is -0.485 e. The third kappa shape index (κ3) is 6.01. The molecule has 5 rings (SSSR count). The number of hydrogen-bond acceptors (Lipinski definition) is 11. The van der Waals surface area contributed by atoms with E-state index in [1.165, 1.54) is 59.4 Å². The molecule has 0 saturated carbocycles. The molecule has 1 aliphatic heterocycles. The van der Waals surface area contributed by atoms with Crippen molar-refractivity contribution in [2.75, 3.05) is 21.6 Å². The lowest BCUT2D eigenvalue weighted by Gasteiger charge is -2.20. The number of carbonyl (C=O) groups is 2. The van der Waals surface area contributed by atoms with Crippen molar-refractivity contribution in [3.05, 3.63) is 77.6 Å². The molecular formula is C25H22F2N10O4. The van der Waals surface area contributed by atoms with Crippen LogP contribution >= 0.6 is 0 Å². The van der Waals surface area contributed by atoms with Crippen LogP contribution in [0.3, 0.4) is 0 Å². The molecule has 6 N–H and O–H groups in total.